The van der Waals surface area contributed by atoms with Crippen LogP contribution in [0.15, 0.2) is 47.5 Å². The molecule has 0 saturated heterocycles. The van der Waals surface area contributed by atoms with Crippen molar-refractivity contribution >= 4 is 23.5 Å². The number of carbonyl (C=O) groups excluding carboxylic acids is 2. The van der Waals surface area contributed by atoms with Crippen molar-refractivity contribution in [2.75, 3.05) is 6.54 Å². The number of carbonyl (C=O) groups is 3. The van der Waals surface area contributed by atoms with Crippen LogP contribution in [-0.4, -0.2) is 45.7 Å². The van der Waals surface area contributed by atoms with Gasteiger partial charge < -0.3 is 15.3 Å². The molecule has 1 atom stereocenters. The lowest BCUT2D eigenvalue weighted by molar-refractivity contribution is -0.137. The second kappa shape index (κ2) is 12.8. The maximum Gasteiger partial charge on any atom is 0.305 e. The molecule has 2 aromatic carbocycles. The standard InChI is InChI=1S/C34H44FN3O4/c1-6-7-8-28(23-9-11-24(12-10-23)31(41)36-18-15-29(39)40)38-32(42)30(25-19-22(2)20-27(35)21-25)37-34(38)16-13-26(14-17-34)33(3,4)5/h9-12,19-21,26,28H,6-8,13-18H2,1-5H3,(H,36,41)(H,39,40)/t26?,28-,34?/m1/s1. The molecule has 226 valence electrons. The van der Waals surface area contributed by atoms with Gasteiger partial charge in [0.05, 0.1) is 12.5 Å². The monoisotopic (exact) mass is 577 g/mol. The van der Waals surface area contributed by atoms with Crippen molar-refractivity contribution in [1.82, 2.24) is 10.2 Å². The van der Waals surface area contributed by atoms with E-state index in [1.165, 1.54) is 12.1 Å². The Balaban J connectivity index is 1.71. The first kappa shape index (κ1) is 31.4. The van der Waals surface area contributed by atoms with Gasteiger partial charge in [-0.1, -0.05) is 52.7 Å². The summed E-state index contributed by atoms with van der Waals surface area (Å²) in [7, 11) is 0. The zero-order chi connectivity index (χ0) is 30.7. The van der Waals surface area contributed by atoms with Gasteiger partial charge in [0.2, 0.25) is 0 Å². The SMILES string of the molecule is CCCC[C@H](c1ccc(C(=O)NCCC(=O)O)cc1)N1C(=O)C(c2cc(C)cc(F)c2)=NC12CCC(C(C)(C)C)CC2. The number of aryl methyl sites for hydroxylation is 1. The Morgan fingerprint density at radius 2 is 1.81 bits per heavy atom. The van der Waals surface area contributed by atoms with Crippen LogP contribution >= 0.6 is 0 Å². The fraction of sp³-hybridized carbons (Fsp3) is 0.529. The molecule has 7 nitrogen and oxygen atoms in total. The first-order valence-electron chi connectivity index (χ1n) is 15.2. The first-order chi connectivity index (χ1) is 19.8. The third-order valence-corrected chi connectivity index (χ3v) is 8.84. The molecule has 1 saturated carbocycles. The molecule has 1 aliphatic heterocycles. The van der Waals surface area contributed by atoms with Crippen molar-refractivity contribution in [3.63, 3.8) is 0 Å². The van der Waals surface area contributed by atoms with E-state index in [0.717, 1.165) is 56.1 Å². The van der Waals surface area contributed by atoms with Crippen LogP contribution in [0.1, 0.15) is 112 Å². The van der Waals surface area contributed by atoms with Crippen molar-refractivity contribution in [2.24, 2.45) is 16.3 Å². The van der Waals surface area contributed by atoms with Crippen LogP contribution < -0.4 is 5.32 Å². The highest BCUT2D eigenvalue weighted by Crippen LogP contribution is 2.50. The van der Waals surface area contributed by atoms with Gasteiger partial charge in [0.25, 0.3) is 11.8 Å². The molecule has 1 heterocycles. The van der Waals surface area contributed by atoms with Crippen molar-refractivity contribution in [1.29, 1.82) is 0 Å². The Morgan fingerprint density at radius 3 is 2.38 bits per heavy atom. The van der Waals surface area contributed by atoms with Gasteiger partial charge in [0.1, 0.15) is 17.2 Å². The number of unbranched alkanes of at least 4 members (excludes halogenated alkanes) is 1. The summed E-state index contributed by atoms with van der Waals surface area (Å²) < 4.78 is 14.5. The minimum Gasteiger partial charge on any atom is -0.481 e. The number of carboxylic acids is 1. The van der Waals surface area contributed by atoms with Crippen LogP contribution in [0.3, 0.4) is 0 Å². The molecule has 1 aliphatic carbocycles. The van der Waals surface area contributed by atoms with Crippen LogP contribution in [0, 0.1) is 24.1 Å². The Hall–Kier alpha value is -3.55. The largest absolute Gasteiger partial charge is 0.481 e. The van der Waals surface area contributed by atoms with E-state index in [4.69, 9.17) is 10.1 Å². The predicted molar refractivity (Wildman–Crippen MR) is 162 cm³/mol. The number of rotatable bonds is 10. The van der Waals surface area contributed by atoms with Crippen LogP contribution in [0.5, 0.6) is 0 Å². The lowest BCUT2D eigenvalue weighted by Crippen LogP contribution is -2.51. The van der Waals surface area contributed by atoms with Crippen LogP contribution in [0.4, 0.5) is 4.39 Å². The second-order valence-electron chi connectivity index (χ2n) is 13.0. The molecule has 2 amide bonds. The zero-order valence-corrected chi connectivity index (χ0v) is 25.5. The number of aliphatic imine (C=N–C) groups is 1. The molecule has 42 heavy (non-hydrogen) atoms. The van der Waals surface area contributed by atoms with Gasteiger partial charge in [0, 0.05) is 17.7 Å². The quantitative estimate of drug-likeness (QED) is 0.323. The van der Waals surface area contributed by atoms with Crippen LogP contribution in [-0.2, 0) is 9.59 Å². The number of benzene rings is 2. The minimum atomic E-state index is -0.972. The Labute approximate surface area is 248 Å². The van der Waals surface area contributed by atoms with Gasteiger partial charge in [-0.2, -0.15) is 0 Å². The molecule has 0 bridgehead atoms. The summed E-state index contributed by atoms with van der Waals surface area (Å²) in [4.78, 5) is 44.9. The smallest absolute Gasteiger partial charge is 0.305 e. The van der Waals surface area contributed by atoms with Crippen LogP contribution in [0.25, 0.3) is 0 Å². The van der Waals surface area contributed by atoms with E-state index in [1.807, 2.05) is 30.0 Å². The van der Waals surface area contributed by atoms with E-state index in [1.54, 1.807) is 12.1 Å². The third kappa shape index (κ3) is 6.90. The summed E-state index contributed by atoms with van der Waals surface area (Å²) in [6, 6.07) is 11.7. The number of aliphatic carboxylic acids is 1. The molecular weight excluding hydrogens is 533 g/mol. The number of nitrogens with zero attached hydrogens (tertiary/aromatic N) is 2. The molecular formula is C34H44FN3O4. The maximum absolute atomic E-state index is 14.5. The van der Waals surface area contributed by atoms with E-state index >= 15 is 0 Å². The van der Waals surface area contributed by atoms with E-state index < -0.39 is 11.6 Å². The molecule has 8 heteroatoms. The predicted octanol–water partition coefficient (Wildman–Crippen LogP) is 6.83. The molecule has 0 unspecified atom stereocenters. The number of hydrogen-bond acceptors (Lipinski definition) is 4. The summed E-state index contributed by atoms with van der Waals surface area (Å²) in [5, 5.41) is 11.5. The Bertz CT molecular complexity index is 1320. The van der Waals surface area contributed by atoms with Gasteiger partial charge in [-0.15, -0.1) is 0 Å². The fourth-order valence-electron chi connectivity index (χ4n) is 6.49. The van der Waals surface area contributed by atoms with Gasteiger partial charge in [-0.05, 0) is 91.8 Å². The number of halogens is 1. The van der Waals surface area contributed by atoms with Crippen molar-refractivity contribution in [2.45, 2.75) is 97.7 Å². The summed E-state index contributed by atoms with van der Waals surface area (Å²) in [6.07, 6.45) is 5.83. The number of hydrogen-bond donors (Lipinski definition) is 2. The van der Waals surface area contributed by atoms with E-state index in [0.29, 0.717) is 22.8 Å². The molecule has 2 aliphatic rings. The summed E-state index contributed by atoms with van der Waals surface area (Å²) in [5.41, 5.74) is 2.37. The lowest BCUT2D eigenvalue weighted by Gasteiger charge is -2.47. The highest BCUT2D eigenvalue weighted by molar-refractivity contribution is 6.46. The highest BCUT2D eigenvalue weighted by Gasteiger charge is 2.52. The summed E-state index contributed by atoms with van der Waals surface area (Å²) in [6.45, 7) is 10.8. The van der Waals surface area contributed by atoms with Gasteiger partial charge >= 0.3 is 5.97 Å². The van der Waals surface area contributed by atoms with E-state index in [9.17, 15) is 18.8 Å². The van der Waals surface area contributed by atoms with Gasteiger partial charge in [-0.3, -0.25) is 19.4 Å². The maximum atomic E-state index is 14.5. The Morgan fingerprint density at radius 1 is 1.14 bits per heavy atom. The molecule has 1 spiro atoms. The van der Waals surface area contributed by atoms with E-state index in [-0.39, 0.29) is 42.1 Å². The van der Waals surface area contributed by atoms with Crippen molar-refractivity contribution in [3.8, 4) is 0 Å². The topological polar surface area (TPSA) is 99.1 Å². The van der Waals surface area contributed by atoms with Gasteiger partial charge in [0.15, 0.2) is 0 Å². The minimum absolute atomic E-state index is 0.0507. The average Bonchev–Trinajstić information content (AvgIpc) is 3.19. The molecule has 1 fully saturated rings. The van der Waals surface area contributed by atoms with E-state index in [2.05, 4.69) is 33.0 Å². The van der Waals surface area contributed by atoms with Crippen LogP contribution in [0.2, 0.25) is 0 Å². The van der Waals surface area contributed by atoms with Crippen molar-refractivity contribution in [3.05, 3.63) is 70.5 Å². The number of nitrogens with one attached hydrogen (secondary N) is 1. The fourth-order valence-corrected chi connectivity index (χ4v) is 6.49. The first-order valence-corrected chi connectivity index (χ1v) is 15.2. The summed E-state index contributed by atoms with van der Waals surface area (Å²) >= 11 is 0. The molecule has 2 aromatic rings. The molecule has 4 rings (SSSR count). The third-order valence-electron chi connectivity index (χ3n) is 8.84. The number of amides is 2. The number of carboxylic acid groups (broad SMARTS) is 1. The zero-order valence-electron chi connectivity index (χ0n) is 25.5. The highest BCUT2D eigenvalue weighted by atomic mass is 19.1. The summed E-state index contributed by atoms with van der Waals surface area (Å²) in [5.74, 6) is -1.35. The van der Waals surface area contributed by atoms with Gasteiger partial charge in [-0.25, -0.2) is 4.39 Å². The lowest BCUT2D eigenvalue weighted by atomic mass is 9.69. The molecule has 0 radical (unpaired) electrons. The molecule has 2 N–H and O–H groups in total. The van der Waals surface area contributed by atoms with Crippen molar-refractivity contribution < 1.29 is 23.9 Å². The normalized spacial score (nSPS) is 21.4. The average molecular weight is 578 g/mol. The second-order valence-corrected chi connectivity index (χ2v) is 13.0. The Kier molecular flexibility index (Phi) is 9.53. The molecule has 0 aromatic heterocycles.